The van der Waals surface area contributed by atoms with Crippen LogP contribution in [0.1, 0.15) is 16.7 Å². The molecule has 0 atom stereocenters. The molecule has 3 nitrogen and oxygen atoms in total. The summed E-state index contributed by atoms with van der Waals surface area (Å²) >= 11 is 0. The van der Waals surface area contributed by atoms with E-state index in [-0.39, 0.29) is 6.03 Å². The van der Waals surface area contributed by atoms with Gasteiger partial charge in [0.05, 0.1) is 0 Å². The Balaban J connectivity index is 1.70. The lowest BCUT2D eigenvalue weighted by Gasteiger charge is -2.04. The van der Waals surface area contributed by atoms with Crippen LogP contribution in [-0.2, 0) is 6.42 Å². The molecule has 0 aliphatic heterocycles. The molecule has 2 rings (SSSR count). The van der Waals surface area contributed by atoms with Crippen molar-refractivity contribution in [2.45, 2.75) is 13.3 Å². The first-order chi connectivity index (χ1) is 10.2. The highest BCUT2D eigenvalue weighted by Gasteiger charge is 1.97. The van der Waals surface area contributed by atoms with Crippen molar-refractivity contribution in [2.24, 2.45) is 0 Å². The molecule has 2 amide bonds. The first-order valence-corrected chi connectivity index (χ1v) is 7.05. The summed E-state index contributed by atoms with van der Waals surface area (Å²) in [6, 6.07) is 18.0. The van der Waals surface area contributed by atoms with Crippen molar-refractivity contribution >= 4 is 12.1 Å². The standard InChI is InChI=1S/C18H20N2O/c1-15-6-5-9-17(14-15)11-13-20-18(21)19-12-10-16-7-3-2-4-8-16/h2-9,11,13-14H,10,12H2,1H3,(H2,19,20,21)/b13-11+. The molecule has 2 aromatic rings. The van der Waals surface area contributed by atoms with Gasteiger partial charge in [-0.2, -0.15) is 0 Å². The number of urea groups is 1. The molecule has 0 radical (unpaired) electrons. The summed E-state index contributed by atoms with van der Waals surface area (Å²) in [5, 5.41) is 5.53. The SMILES string of the molecule is Cc1cccc(/C=C/NC(=O)NCCc2ccccc2)c1. The highest BCUT2D eigenvalue weighted by atomic mass is 16.2. The number of carbonyl (C=O) groups excluding carboxylic acids is 1. The minimum Gasteiger partial charge on any atom is -0.338 e. The number of carbonyl (C=O) groups is 1. The van der Waals surface area contributed by atoms with Crippen LogP contribution in [0, 0.1) is 6.92 Å². The summed E-state index contributed by atoms with van der Waals surface area (Å²) in [6.45, 7) is 2.66. The molecule has 0 heterocycles. The monoisotopic (exact) mass is 280 g/mol. The van der Waals surface area contributed by atoms with Gasteiger partial charge in [-0.25, -0.2) is 4.79 Å². The summed E-state index contributed by atoms with van der Waals surface area (Å²) in [7, 11) is 0. The molecule has 2 N–H and O–H groups in total. The molecule has 0 unspecified atom stereocenters. The Morgan fingerprint density at radius 2 is 1.90 bits per heavy atom. The van der Waals surface area contributed by atoms with E-state index in [1.165, 1.54) is 11.1 Å². The van der Waals surface area contributed by atoms with Crippen molar-refractivity contribution in [3.05, 3.63) is 77.5 Å². The highest BCUT2D eigenvalue weighted by molar-refractivity contribution is 5.75. The van der Waals surface area contributed by atoms with E-state index in [9.17, 15) is 4.79 Å². The number of amides is 2. The third kappa shape index (κ3) is 5.53. The quantitative estimate of drug-likeness (QED) is 0.864. The summed E-state index contributed by atoms with van der Waals surface area (Å²) < 4.78 is 0. The van der Waals surface area contributed by atoms with Crippen molar-refractivity contribution in [3.8, 4) is 0 Å². The first-order valence-electron chi connectivity index (χ1n) is 7.05. The molecular weight excluding hydrogens is 260 g/mol. The second kappa shape index (κ2) is 7.90. The highest BCUT2D eigenvalue weighted by Crippen LogP contribution is 2.04. The van der Waals surface area contributed by atoms with E-state index in [1.807, 2.05) is 49.4 Å². The molecule has 2 aromatic carbocycles. The van der Waals surface area contributed by atoms with Gasteiger partial charge in [-0.15, -0.1) is 0 Å². The van der Waals surface area contributed by atoms with Crippen molar-refractivity contribution in [1.82, 2.24) is 10.6 Å². The minimum absolute atomic E-state index is 0.185. The lowest BCUT2D eigenvalue weighted by Crippen LogP contribution is -2.33. The van der Waals surface area contributed by atoms with E-state index in [0.29, 0.717) is 6.54 Å². The third-order valence-electron chi connectivity index (χ3n) is 3.07. The van der Waals surface area contributed by atoms with E-state index >= 15 is 0 Å². The van der Waals surface area contributed by atoms with Gasteiger partial charge in [0, 0.05) is 12.7 Å². The Morgan fingerprint density at radius 1 is 1.10 bits per heavy atom. The predicted octanol–water partition coefficient (Wildman–Crippen LogP) is 3.51. The van der Waals surface area contributed by atoms with E-state index in [1.54, 1.807) is 6.20 Å². The molecule has 0 fully saturated rings. The lowest BCUT2D eigenvalue weighted by atomic mass is 10.1. The van der Waals surface area contributed by atoms with Crippen molar-refractivity contribution in [3.63, 3.8) is 0 Å². The maximum Gasteiger partial charge on any atom is 0.318 e. The van der Waals surface area contributed by atoms with Gasteiger partial charge in [0.2, 0.25) is 0 Å². The van der Waals surface area contributed by atoms with Crippen LogP contribution >= 0.6 is 0 Å². The summed E-state index contributed by atoms with van der Waals surface area (Å²) in [6.07, 6.45) is 4.37. The Bertz CT molecular complexity index is 606. The Hall–Kier alpha value is -2.55. The summed E-state index contributed by atoms with van der Waals surface area (Å²) in [4.78, 5) is 11.6. The van der Waals surface area contributed by atoms with Crippen LogP contribution < -0.4 is 10.6 Å². The molecule has 21 heavy (non-hydrogen) atoms. The second-order valence-corrected chi connectivity index (χ2v) is 4.88. The Labute approximate surface area is 125 Å². The molecule has 0 saturated heterocycles. The van der Waals surface area contributed by atoms with E-state index in [2.05, 4.69) is 28.8 Å². The maximum absolute atomic E-state index is 11.6. The van der Waals surface area contributed by atoms with E-state index in [4.69, 9.17) is 0 Å². The molecule has 0 aliphatic carbocycles. The zero-order valence-corrected chi connectivity index (χ0v) is 12.2. The average molecular weight is 280 g/mol. The van der Waals surface area contributed by atoms with Gasteiger partial charge < -0.3 is 10.6 Å². The number of hydrogen-bond acceptors (Lipinski definition) is 1. The predicted molar refractivity (Wildman–Crippen MR) is 86.9 cm³/mol. The lowest BCUT2D eigenvalue weighted by molar-refractivity contribution is 0.244. The number of benzene rings is 2. The molecular formula is C18H20N2O. The molecule has 0 aromatic heterocycles. The fraction of sp³-hybridized carbons (Fsp3) is 0.167. The largest absolute Gasteiger partial charge is 0.338 e. The number of nitrogens with one attached hydrogen (secondary N) is 2. The normalized spacial score (nSPS) is 10.5. The van der Waals surface area contributed by atoms with Crippen LogP contribution in [-0.4, -0.2) is 12.6 Å². The molecule has 108 valence electrons. The zero-order valence-electron chi connectivity index (χ0n) is 12.2. The van der Waals surface area contributed by atoms with Gasteiger partial charge in [-0.3, -0.25) is 0 Å². The van der Waals surface area contributed by atoms with Gasteiger partial charge in [0.1, 0.15) is 0 Å². The van der Waals surface area contributed by atoms with Crippen LogP contribution in [0.4, 0.5) is 4.79 Å². The van der Waals surface area contributed by atoms with Crippen molar-refractivity contribution < 1.29 is 4.79 Å². The van der Waals surface area contributed by atoms with Gasteiger partial charge in [0.15, 0.2) is 0 Å². The summed E-state index contributed by atoms with van der Waals surface area (Å²) in [5.41, 5.74) is 3.48. The topological polar surface area (TPSA) is 41.1 Å². The van der Waals surface area contributed by atoms with Crippen LogP contribution in [0.5, 0.6) is 0 Å². The fourth-order valence-electron chi connectivity index (χ4n) is 2.00. The Morgan fingerprint density at radius 3 is 2.67 bits per heavy atom. The molecule has 0 bridgehead atoms. The molecule has 0 saturated carbocycles. The number of hydrogen-bond donors (Lipinski definition) is 2. The third-order valence-corrected chi connectivity index (χ3v) is 3.07. The van der Waals surface area contributed by atoms with Gasteiger partial charge in [-0.05, 0) is 30.5 Å². The molecule has 0 spiro atoms. The van der Waals surface area contributed by atoms with Crippen LogP contribution in [0.2, 0.25) is 0 Å². The van der Waals surface area contributed by atoms with Crippen LogP contribution in [0.3, 0.4) is 0 Å². The van der Waals surface area contributed by atoms with E-state index < -0.39 is 0 Å². The fourth-order valence-corrected chi connectivity index (χ4v) is 2.00. The first kappa shape index (κ1) is 14.9. The number of rotatable bonds is 5. The molecule has 0 aliphatic rings. The summed E-state index contributed by atoms with van der Waals surface area (Å²) in [5.74, 6) is 0. The van der Waals surface area contributed by atoms with Gasteiger partial charge >= 0.3 is 6.03 Å². The van der Waals surface area contributed by atoms with Gasteiger partial charge in [0.25, 0.3) is 0 Å². The smallest absolute Gasteiger partial charge is 0.318 e. The second-order valence-electron chi connectivity index (χ2n) is 4.88. The van der Waals surface area contributed by atoms with Crippen molar-refractivity contribution in [1.29, 1.82) is 0 Å². The Kier molecular flexibility index (Phi) is 5.59. The number of aryl methyl sites for hydroxylation is 1. The van der Waals surface area contributed by atoms with Crippen molar-refractivity contribution in [2.75, 3.05) is 6.54 Å². The zero-order chi connectivity index (χ0) is 14.9. The molecule has 3 heteroatoms. The van der Waals surface area contributed by atoms with E-state index in [0.717, 1.165) is 12.0 Å². The van der Waals surface area contributed by atoms with Crippen LogP contribution in [0.25, 0.3) is 6.08 Å². The van der Waals surface area contributed by atoms with Gasteiger partial charge in [-0.1, -0.05) is 60.2 Å². The van der Waals surface area contributed by atoms with Crippen LogP contribution in [0.15, 0.2) is 60.8 Å². The maximum atomic E-state index is 11.6. The average Bonchev–Trinajstić information content (AvgIpc) is 2.48. The minimum atomic E-state index is -0.185.